The third-order valence-corrected chi connectivity index (χ3v) is 32.3. The number of rotatable bonds is 7. The lowest BCUT2D eigenvalue weighted by Crippen LogP contribution is -2.51. The van der Waals surface area contributed by atoms with Gasteiger partial charge in [0.2, 0.25) is 23.6 Å². The van der Waals surface area contributed by atoms with E-state index >= 15 is 0 Å². The van der Waals surface area contributed by atoms with Crippen molar-refractivity contribution < 1.29 is 19.2 Å². The molecule has 0 aromatic heterocycles. The molecule has 4 N–H and O–H groups in total. The molecule has 0 aliphatic heterocycles. The van der Waals surface area contributed by atoms with Crippen molar-refractivity contribution in [1.29, 1.82) is 0 Å². The second-order valence-electron chi connectivity index (χ2n) is 47.8. The van der Waals surface area contributed by atoms with Gasteiger partial charge in [-0.05, 0) is 331 Å². The second-order valence-corrected chi connectivity index (χ2v) is 47.8. The summed E-state index contributed by atoms with van der Waals surface area (Å²) in [6.07, 6.45) is 69.5. The summed E-state index contributed by atoms with van der Waals surface area (Å²) in [4.78, 5) is 46.9. The van der Waals surface area contributed by atoms with Crippen LogP contribution in [0.2, 0.25) is 0 Å². The van der Waals surface area contributed by atoms with E-state index in [0.717, 1.165) is 169 Å². The fourth-order valence-electron chi connectivity index (χ4n) is 22.0. The maximum atomic E-state index is 11.8. The van der Waals surface area contributed by atoms with Gasteiger partial charge in [-0.1, -0.05) is 424 Å². The van der Waals surface area contributed by atoms with Gasteiger partial charge in [0, 0.05) is 47.3 Å². The van der Waals surface area contributed by atoms with Crippen molar-refractivity contribution in [3.05, 3.63) is 0 Å². The zero-order valence-electron chi connectivity index (χ0n) is 102. The largest absolute Gasteiger partial charge is 0.354 e. The summed E-state index contributed by atoms with van der Waals surface area (Å²) in [6.45, 7) is 95.1. The summed E-state index contributed by atoms with van der Waals surface area (Å²) < 4.78 is 0. The molecule has 4 bridgehead atoms. The SMILES string of the molecule is CC.CC.CC.CC.CC.CC.CC.CC.CC.CC.CC(C)(C)C12CC3CC(CC(C3)C1)C2.CC1CCC(C(=O)NC(C)(C)C)CC1.CC1CCC(C(=O)NC(C)C)CC1.CC1CCC(C(=O)NC2CC2)CC1.CC1CCC(C(=O)NC2CCC2)CC1.CC1CCC(C)CC1.CC1CCC(C)CC1.CC1CCC(C)CC1.CC1CCC(C)CC1.CC1CCC(C)CC1.CC1CCC(C)CC1. The van der Waals surface area contributed by atoms with Crippen LogP contribution in [0.1, 0.15) is 632 Å². The molecule has 8 nitrogen and oxygen atoms in total. The van der Waals surface area contributed by atoms with Gasteiger partial charge in [-0.2, -0.15) is 0 Å². The summed E-state index contributed by atoms with van der Waals surface area (Å²) >= 11 is 0. The van der Waals surface area contributed by atoms with Gasteiger partial charge >= 0.3 is 0 Å². The highest BCUT2D eigenvalue weighted by Crippen LogP contribution is 2.66. The Labute approximate surface area is 861 Å². The standard InChI is InChI=1S/C14H24.C12H21NO.C12H23NO.C11H19NO.C11H21NO.6C8H16.10C2H6/c1-13(2,3)14-7-10-4-11(8-14)6-12(5-10)9-14;1-9-5-7-10(8-6-9)12(14)13-11-3-2-4-11;1-9-5-7-10(8-6-9)11(14)13-12(2,3)4;1-8-2-4-9(5-3-8)11(13)12-10-6-7-10;1-8(2)12-11(13)10-6-4-9(3)5-7-10;6*1-7-3-5-8(2)6-4-7;10*1-2/h10-12H,4-9H2,1-3H3;9-11H,2-8H2,1H3,(H,13,14);9-10H,5-8H2,1-4H3,(H,13,14);8-10H,2-7H2,1H3,(H,12,13);8-10H,4-7H2,1-3H3,(H,12,13);6*7-8H,3-6H2,1-2H3;10*1-2H3. The molecule has 136 heavy (non-hydrogen) atoms. The lowest BCUT2D eigenvalue weighted by atomic mass is 9.43. The third kappa shape index (κ3) is 73.0. The molecule has 16 fully saturated rings. The third-order valence-electron chi connectivity index (χ3n) is 32.3. The molecule has 0 atom stereocenters. The molecule has 16 saturated carbocycles. The van der Waals surface area contributed by atoms with Crippen molar-refractivity contribution in [3.63, 3.8) is 0 Å². The highest BCUT2D eigenvalue weighted by atomic mass is 16.2. The number of amides is 4. The van der Waals surface area contributed by atoms with E-state index < -0.39 is 0 Å². The van der Waals surface area contributed by atoms with Gasteiger partial charge in [0.25, 0.3) is 0 Å². The highest BCUT2D eigenvalue weighted by Gasteiger charge is 2.55. The van der Waals surface area contributed by atoms with Crippen LogP contribution in [0.25, 0.3) is 0 Å². The Balaban J connectivity index is -0.000000337. The van der Waals surface area contributed by atoms with Crippen LogP contribution >= 0.6 is 0 Å². The Kier molecular flexibility index (Phi) is 94.9. The van der Waals surface area contributed by atoms with Gasteiger partial charge in [-0.3, -0.25) is 19.2 Å². The van der Waals surface area contributed by atoms with Crippen LogP contribution in [-0.4, -0.2) is 47.3 Å². The van der Waals surface area contributed by atoms with E-state index in [0.29, 0.717) is 47.1 Å². The monoisotopic (exact) mass is 1920 g/mol. The molecule has 0 unspecified atom stereocenters. The Morgan fingerprint density at radius 3 is 0.515 bits per heavy atom. The molecular formula is C128H264N4O4. The van der Waals surface area contributed by atoms with E-state index in [-0.39, 0.29) is 29.3 Å². The van der Waals surface area contributed by atoms with E-state index in [2.05, 4.69) is 153 Å². The minimum absolute atomic E-state index is 0.0832. The first-order chi connectivity index (χ1) is 64.7. The smallest absolute Gasteiger partial charge is 0.223 e. The maximum Gasteiger partial charge on any atom is 0.223 e. The molecule has 16 aliphatic rings. The Hall–Kier alpha value is -2.12. The predicted octanol–water partition coefficient (Wildman–Crippen LogP) is 41.1. The van der Waals surface area contributed by atoms with Crippen LogP contribution < -0.4 is 21.3 Å². The quantitative estimate of drug-likeness (QED) is 0.203. The normalized spacial score (nSPS) is 32.2. The van der Waals surface area contributed by atoms with E-state index in [1.165, 1.54) is 238 Å². The van der Waals surface area contributed by atoms with Crippen LogP contribution in [0.3, 0.4) is 0 Å². The molecule has 0 spiro atoms. The second kappa shape index (κ2) is 89.3. The minimum atomic E-state index is -0.0832. The van der Waals surface area contributed by atoms with Crippen molar-refractivity contribution in [1.82, 2.24) is 21.3 Å². The fraction of sp³-hybridized carbons (Fsp3) is 0.969. The van der Waals surface area contributed by atoms with E-state index in [9.17, 15) is 19.2 Å². The molecule has 0 aromatic carbocycles. The topological polar surface area (TPSA) is 116 Å². The first-order valence-electron chi connectivity index (χ1n) is 61.9. The molecule has 0 radical (unpaired) electrons. The van der Waals surface area contributed by atoms with Crippen molar-refractivity contribution in [2.45, 2.75) is 656 Å². The molecule has 16 rings (SSSR count). The van der Waals surface area contributed by atoms with Gasteiger partial charge in [0.15, 0.2) is 0 Å². The molecular weight excluding hydrogens is 1660 g/mol. The molecule has 820 valence electrons. The van der Waals surface area contributed by atoms with Crippen LogP contribution in [0.5, 0.6) is 0 Å². The van der Waals surface area contributed by atoms with Crippen LogP contribution in [-0.2, 0) is 19.2 Å². The first kappa shape index (κ1) is 145. The molecule has 0 aromatic rings. The van der Waals surface area contributed by atoms with Crippen molar-refractivity contribution in [2.24, 2.45) is 147 Å². The van der Waals surface area contributed by atoms with Crippen molar-refractivity contribution in [2.75, 3.05) is 0 Å². The van der Waals surface area contributed by atoms with Crippen LogP contribution in [0, 0.1) is 147 Å². The Morgan fingerprint density at radius 1 is 0.221 bits per heavy atom. The Morgan fingerprint density at radius 2 is 0.375 bits per heavy atom. The van der Waals surface area contributed by atoms with Crippen LogP contribution in [0.15, 0.2) is 0 Å². The first-order valence-corrected chi connectivity index (χ1v) is 61.9. The molecule has 0 heterocycles. The summed E-state index contributed by atoms with van der Waals surface area (Å²) in [5.74, 6) is 21.3. The van der Waals surface area contributed by atoms with E-state index in [1.807, 2.05) is 173 Å². The van der Waals surface area contributed by atoms with Crippen molar-refractivity contribution in [3.8, 4) is 0 Å². The van der Waals surface area contributed by atoms with E-state index in [1.54, 1.807) is 38.5 Å². The maximum absolute atomic E-state index is 11.8. The lowest BCUT2D eigenvalue weighted by molar-refractivity contribution is -0.128. The predicted molar refractivity (Wildman–Crippen MR) is 617 cm³/mol. The van der Waals surface area contributed by atoms with Gasteiger partial charge in [0.1, 0.15) is 0 Å². The van der Waals surface area contributed by atoms with Gasteiger partial charge < -0.3 is 21.3 Å². The fourth-order valence-corrected chi connectivity index (χ4v) is 22.0. The molecule has 16 aliphatic carbocycles. The Bertz CT molecular complexity index is 2250. The summed E-state index contributed by atoms with van der Waals surface area (Å²) in [5.41, 5.74) is 1.21. The van der Waals surface area contributed by atoms with Gasteiger partial charge in [0.05, 0.1) is 0 Å². The average molecular weight is 1920 g/mol. The summed E-state index contributed by atoms with van der Waals surface area (Å²) in [5, 5.41) is 12.3. The lowest BCUT2D eigenvalue weighted by Gasteiger charge is -2.62. The zero-order chi connectivity index (χ0) is 106. The molecule has 4 amide bonds. The number of carbonyl (C=O) groups excluding carboxylic acids is 4. The number of hydrogen-bond acceptors (Lipinski definition) is 4. The summed E-state index contributed by atoms with van der Waals surface area (Å²) in [7, 11) is 0. The minimum Gasteiger partial charge on any atom is -0.354 e. The number of hydrogen-bond donors (Lipinski definition) is 4. The summed E-state index contributed by atoms with van der Waals surface area (Å²) in [6, 6.07) is 1.33. The number of carbonyl (C=O) groups is 4. The number of nitrogens with one attached hydrogen (secondary N) is 4. The van der Waals surface area contributed by atoms with Crippen LogP contribution in [0.4, 0.5) is 0 Å². The zero-order valence-corrected chi connectivity index (χ0v) is 102. The molecule has 0 saturated heterocycles. The van der Waals surface area contributed by atoms with Crippen molar-refractivity contribution >= 4 is 23.6 Å². The van der Waals surface area contributed by atoms with Gasteiger partial charge in [-0.25, -0.2) is 0 Å². The average Bonchev–Trinajstić information content (AvgIpc) is 0.860. The van der Waals surface area contributed by atoms with Gasteiger partial charge in [-0.15, -0.1) is 0 Å². The van der Waals surface area contributed by atoms with E-state index in [4.69, 9.17) is 0 Å². The molecule has 8 heteroatoms. The highest BCUT2D eigenvalue weighted by molar-refractivity contribution is 5.80.